The standard InChI is InChI=1S/C15H20O3/c1-2-4-6-14(7-5-3-1)17-12-13-18-15-8-10-16-11-9-15/h1-3,6-7,15H,4,8-13H2/b2-1-,14-6+. The Morgan fingerprint density at radius 3 is 3.06 bits per heavy atom. The van der Waals surface area contributed by atoms with Crippen LogP contribution in [0.3, 0.4) is 0 Å². The van der Waals surface area contributed by atoms with Gasteiger partial charge in [-0.15, -0.1) is 5.73 Å². The van der Waals surface area contributed by atoms with Crippen molar-refractivity contribution in [2.75, 3.05) is 26.4 Å². The minimum absolute atomic E-state index is 0.340. The molecular weight excluding hydrogens is 228 g/mol. The van der Waals surface area contributed by atoms with Gasteiger partial charge in [-0.05, 0) is 31.4 Å². The van der Waals surface area contributed by atoms with E-state index in [9.17, 15) is 0 Å². The molecular formula is C15H20O3. The van der Waals surface area contributed by atoms with Crippen LogP contribution in [0.4, 0.5) is 0 Å². The summed E-state index contributed by atoms with van der Waals surface area (Å²) in [6, 6.07) is 0. The summed E-state index contributed by atoms with van der Waals surface area (Å²) in [5.74, 6) is 0.867. The Bertz CT molecular complexity index is 356. The van der Waals surface area contributed by atoms with E-state index in [0.717, 1.165) is 38.2 Å². The van der Waals surface area contributed by atoms with Crippen LogP contribution in [0.2, 0.25) is 0 Å². The third kappa shape index (κ3) is 4.92. The molecule has 0 aromatic heterocycles. The van der Waals surface area contributed by atoms with Crippen molar-refractivity contribution >= 4 is 0 Å². The fourth-order valence-electron chi connectivity index (χ4n) is 1.89. The highest BCUT2D eigenvalue weighted by atomic mass is 16.5. The van der Waals surface area contributed by atoms with Gasteiger partial charge < -0.3 is 14.2 Å². The normalized spacial score (nSPS) is 25.0. The summed E-state index contributed by atoms with van der Waals surface area (Å²) in [5.41, 5.74) is 3.04. The first-order valence-electron chi connectivity index (χ1n) is 6.55. The van der Waals surface area contributed by atoms with E-state index in [-0.39, 0.29) is 0 Å². The molecule has 2 rings (SSSR count). The zero-order valence-corrected chi connectivity index (χ0v) is 10.6. The lowest BCUT2D eigenvalue weighted by atomic mass is 10.2. The second kappa shape index (κ2) is 7.93. The van der Waals surface area contributed by atoms with Gasteiger partial charge in [-0.2, -0.15) is 0 Å². The third-order valence-corrected chi connectivity index (χ3v) is 2.88. The summed E-state index contributed by atoms with van der Waals surface area (Å²) < 4.78 is 16.7. The van der Waals surface area contributed by atoms with Crippen LogP contribution in [-0.2, 0) is 14.2 Å². The average molecular weight is 248 g/mol. The van der Waals surface area contributed by atoms with E-state index in [1.807, 2.05) is 24.3 Å². The van der Waals surface area contributed by atoms with Gasteiger partial charge in [-0.25, -0.2) is 0 Å². The van der Waals surface area contributed by atoms with Crippen molar-refractivity contribution in [3.8, 4) is 0 Å². The van der Waals surface area contributed by atoms with Gasteiger partial charge in [-0.1, -0.05) is 12.2 Å². The summed E-state index contributed by atoms with van der Waals surface area (Å²) in [6.45, 7) is 2.85. The molecule has 1 saturated heterocycles. The Kier molecular flexibility index (Phi) is 5.80. The topological polar surface area (TPSA) is 27.7 Å². The molecule has 2 aliphatic rings. The van der Waals surface area contributed by atoms with Gasteiger partial charge in [-0.3, -0.25) is 0 Å². The molecule has 0 unspecified atom stereocenters. The maximum atomic E-state index is 5.74. The predicted molar refractivity (Wildman–Crippen MR) is 70.2 cm³/mol. The molecule has 0 aromatic carbocycles. The summed E-state index contributed by atoms with van der Waals surface area (Å²) in [6.07, 6.45) is 13.1. The maximum absolute atomic E-state index is 5.74. The fourth-order valence-corrected chi connectivity index (χ4v) is 1.89. The molecule has 3 heteroatoms. The summed E-state index contributed by atoms with van der Waals surface area (Å²) in [7, 11) is 0. The zero-order valence-electron chi connectivity index (χ0n) is 10.6. The first-order chi connectivity index (χ1) is 8.95. The van der Waals surface area contributed by atoms with Crippen LogP contribution in [0.1, 0.15) is 19.3 Å². The Morgan fingerprint density at radius 1 is 1.28 bits per heavy atom. The largest absolute Gasteiger partial charge is 0.491 e. The monoisotopic (exact) mass is 248 g/mol. The highest BCUT2D eigenvalue weighted by molar-refractivity contribution is 5.18. The Balaban J connectivity index is 1.62. The highest BCUT2D eigenvalue weighted by Gasteiger charge is 2.13. The van der Waals surface area contributed by atoms with Crippen LogP contribution in [0, 0.1) is 0 Å². The van der Waals surface area contributed by atoms with Crippen LogP contribution >= 0.6 is 0 Å². The van der Waals surface area contributed by atoms with Crippen LogP contribution in [0.5, 0.6) is 0 Å². The molecule has 1 fully saturated rings. The number of rotatable bonds is 5. The van der Waals surface area contributed by atoms with Crippen molar-refractivity contribution in [1.29, 1.82) is 0 Å². The van der Waals surface area contributed by atoms with Crippen molar-refractivity contribution < 1.29 is 14.2 Å². The molecule has 18 heavy (non-hydrogen) atoms. The number of ether oxygens (including phenoxy) is 3. The second-order valence-corrected chi connectivity index (χ2v) is 4.28. The molecule has 0 aromatic rings. The molecule has 98 valence electrons. The molecule has 1 aliphatic carbocycles. The van der Waals surface area contributed by atoms with Gasteiger partial charge in [0.05, 0.1) is 12.7 Å². The number of hydrogen-bond acceptors (Lipinski definition) is 3. The van der Waals surface area contributed by atoms with Crippen LogP contribution in [0.25, 0.3) is 0 Å². The number of hydrogen-bond donors (Lipinski definition) is 0. The van der Waals surface area contributed by atoms with Gasteiger partial charge in [0.1, 0.15) is 12.4 Å². The Labute approximate surface area is 108 Å². The van der Waals surface area contributed by atoms with E-state index in [4.69, 9.17) is 14.2 Å². The molecule has 0 spiro atoms. The minimum Gasteiger partial charge on any atom is -0.491 e. The maximum Gasteiger partial charge on any atom is 0.123 e. The lowest BCUT2D eigenvalue weighted by Gasteiger charge is -2.22. The number of allylic oxidation sites excluding steroid dienone is 4. The van der Waals surface area contributed by atoms with Gasteiger partial charge in [0.25, 0.3) is 0 Å². The molecule has 0 saturated carbocycles. The molecule has 1 aliphatic heterocycles. The molecule has 0 radical (unpaired) electrons. The van der Waals surface area contributed by atoms with Crippen molar-refractivity contribution in [3.63, 3.8) is 0 Å². The Hall–Kier alpha value is -1.28. The zero-order chi connectivity index (χ0) is 12.5. The second-order valence-electron chi connectivity index (χ2n) is 4.28. The van der Waals surface area contributed by atoms with Crippen LogP contribution in [0.15, 0.2) is 41.9 Å². The van der Waals surface area contributed by atoms with Crippen molar-refractivity contribution in [1.82, 2.24) is 0 Å². The smallest absolute Gasteiger partial charge is 0.123 e. The van der Waals surface area contributed by atoms with E-state index >= 15 is 0 Å². The van der Waals surface area contributed by atoms with E-state index in [1.165, 1.54) is 0 Å². The molecule has 0 bridgehead atoms. The average Bonchev–Trinajstić information content (AvgIpc) is 2.38. The quantitative estimate of drug-likeness (QED) is 0.553. The SMILES string of the molecule is C1=C/C=C\C/C=C(/OCCOC2CCOCC2)C=1. The fraction of sp³-hybridized carbons (Fsp3) is 0.533. The van der Waals surface area contributed by atoms with Crippen molar-refractivity contribution in [2.45, 2.75) is 25.4 Å². The van der Waals surface area contributed by atoms with E-state index in [1.54, 1.807) is 0 Å². The van der Waals surface area contributed by atoms with Crippen molar-refractivity contribution in [2.24, 2.45) is 0 Å². The Morgan fingerprint density at radius 2 is 2.17 bits per heavy atom. The summed E-state index contributed by atoms with van der Waals surface area (Å²) in [4.78, 5) is 0. The van der Waals surface area contributed by atoms with Crippen LogP contribution < -0.4 is 0 Å². The molecule has 0 atom stereocenters. The van der Waals surface area contributed by atoms with Crippen molar-refractivity contribution in [3.05, 3.63) is 41.9 Å². The van der Waals surface area contributed by atoms with E-state index in [2.05, 4.69) is 11.8 Å². The van der Waals surface area contributed by atoms with Crippen LogP contribution in [-0.4, -0.2) is 32.5 Å². The lowest BCUT2D eigenvalue weighted by molar-refractivity contribution is -0.0432. The van der Waals surface area contributed by atoms with Gasteiger partial charge in [0.2, 0.25) is 0 Å². The molecule has 3 nitrogen and oxygen atoms in total. The highest BCUT2D eigenvalue weighted by Crippen LogP contribution is 2.10. The molecule has 0 N–H and O–H groups in total. The summed E-state index contributed by atoms with van der Waals surface area (Å²) >= 11 is 0. The van der Waals surface area contributed by atoms with Gasteiger partial charge >= 0.3 is 0 Å². The summed E-state index contributed by atoms with van der Waals surface area (Å²) in [5, 5.41) is 0. The lowest BCUT2D eigenvalue weighted by Crippen LogP contribution is -2.24. The first kappa shape index (κ1) is 13.2. The third-order valence-electron chi connectivity index (χ3n) is 2.88. The first-order valence-corrected chi connectivity index (χ1v) is 6.55. The predicted octanol–water partition coefficient (Wildman–Crippen LogP) is 2.75. The minimum atomic E-state index is 0.340. The van der Waals surface area contributed by atoms with E-state index < -0.39 is 0 Å². The van der Waals surface area contributed by atoms with E-state index in [0.29, 0.717) is 19.3 Å². The van der Waals surface area contributed by atoms with Gasteiger partial charge in [0, 0.05) is 19.3 Å². The molecule has 0 amide bonds. The van der Waals surface area contributed by atoms with Gasteiger partial charge in [0.15, 0.2) is 0 Å². The molecule has 1 heterocycles.